The van der Waals surface area contributed by atoms with Gasteiger partial charge in [0.05, 0.1) is 5.02 Å². The third-order valence-electron chi connectivity index (χ3n) is 5.03. The van der Waals surface area contributed by atoms with Gasteiger partial charge in [-0.3, -0.25) is 4.90 Å². The lowest BCUT2D eigenvalue weighted by molar-refractivity contribution is 0.0229. The second-order valence-electron chi connectivity index (χ2n) is 6.33. The van der Waals surface area contributed by atoms with Crippen molar-refractivity contribution >= 4 is 11.6 Å². The van der Waals surface area contributed by atoms with Gasteiger partial charge in [0, 0.05) is 31.0 Å². The van der Waals surface area contributed by atoms with E-state index in [0.29, 0.717) is 6.04 Å². The van der Waals surface area contributed by atoms with Crippen LogP contribution in [-0.4, -0.2) is 36.7 Å². The van der Waals surface area contributed by atoms with Gasteiger partial charge in [0.2, 0.25) is 0 Å². The zero-order valence-corrected chi connectivity index (χ0v) is 12.5. The van der Waals surface area contributed by atoms with Gasteiger partial charge in [-0.05, 0) is 38.5 Å². The number of para-hydroxylation sites is 1. The number of halogens is 1. The first-order valence-electron chi connectivity index (χ1n) is 7.70. The molecular weight excluding hydrogens is 272 g/mol. The maximum atomic E-state index is 6.41. The standard InChI is InChI=1S/C16H21ClN2O/c17-13-5-3-4-12-14(19-8-1-2-9-19)10-16(20-15(12)13)6-7-18-11-16/h3-5,14,18H,1-2,6-11H2. The molecule has 2 fully saturated rings. The summed E-state index contributed by atoms with van der Waals surface area (Å²) in [5.74, 6) is 0.931. The van der Waals surface area contributed by atoms with Gasteiger partial charge in [0.15, 0.2) is 0 Å². The Kier molecular flexibility index (Phi) is 3.17. The Morgan fingerprint density at radius 2 is 2.15 bits per heavy atom. The number of fused-ring (bicyclic) bond motifs is 1. The van der Waals surface area contributed by atoms with Crippen LogP contribution >= 0.6 is 11.6 Å². The van der Waals surface area contributed by atoms with Gasteiger partial charge in [-0.1, -0.05) is 23.7 Å². The van der Waals surface area contributed by atoms with E-state index < -0.39 is 0 Å². The van der Waals surface area contributed by atoms with E-state index in [-0.39, 0.29) is 5.60 Å². The molecule has 20 heavy (non-hydrogen) atoms. The fourth-order valence-corrected chi connectivity index (χ4v) is 4.20. The number of nitrogens with zero attached hydrogens (tertiary/aromatic N) is 1. The van der Waals surface area contributed by atoms with Gasteiger partial charge >= 0.3 is 0 Å². The largest absolute Gasteiger partial charge is 0.484 e. The topological polar surface area (TPSA) is 24.5 Å². The Labute approximate surface area is 125 Å². The molecule has 0 amide bonds. The summed E-state index contributed by atoms with van der Waals surface area (Å²) in [5.41, 5.74) is 1.24. The summed E-state index contributed by atoms with van der Waals surface area (Å²) in [6, 6.07) is 6.67. The molecule has 0 aliphatic carbocycles. The first-order valence-corrected chi connectivity index (χ1v) is 8.07. The van der Waals surface area contributed by atoms with Gasteiger partial charge in [-0.15, -0.1) is 0 Å². The van der Waals surface area contributed by atoms with E-state index in [1.807, 2.05) is 6.07 Å². The smallest absolute Gasteiger partial charge is 0.143 e. The highest BCUT2D eigenvalue weighted by Crippen LogP contribution is 2.48. The number of benzene rings is 1. The fourth-order valence-electron chi connectivity index (χ4n) is 3.98. The maximum absolute atomic E-state index is 6.41. The zero-order chi connectivity index (χ0) is 13.6. The molecule has 1 N–H and O–H groups in total. The Morgan fingerprint density at radius 3 is 2.90 bits per heavy atom. The van der Waals surface area contributed by atoms with E-state index in [0.717, 1.165) is 36.7 Å². The number of hydrogen-bond acceptors (Lipinski definition) is 3. The van der Waals surface area contributed by atoms with Crippen LogP contribution in [0.4, 0.5) is 0 Å². The number of rotatable bonds is 1. The first kappa shape index (κ1) is 12.9. The van der Waals surface area contributed by atoms with Crippen LogP contribution in [0.25, 0.3) is 0 Å². The summed E-state index contributed by atoms with van der Waals surface area (Å²) in [5, 5.41) is 4.22. The van der Waals surface area contributed by atoms with Crippen LogP contribution in [0.1, 0.15) is 37.3 Å². The van der Waals surface area contributed by atoms with E-state index in [4.69, 9.17) is 16.3 Å². The highest BCUT2D eigenvalue weighted by molar-refractivity contribution is 6.32. The SMILES string of the molecule is Clc1cccc2c1OC1(CCNC1)CC2N1CCCC1. The Bertz CT molecular complexity index is 507. The molecule has 1 aromatic carbocycles. The molecule has 4 rings (SSSR count). The van der Waals surface area contributed by atoms with E-state index in [1.54, 1.807) is 0 Å². The predicted octanol–water partition coefficient (Wildman–Crippen LogP) is 2.99. The summed E-state index contributed by atoms with van der Waals surface area (Å²) in [6.45, 7) is 4.41. The highest BCUT2D eigenvalue weighted by Gasteiger charge is 2.45. The number of ether oxygens (including phenoxy) is 1. The second kappa shape index (κ2) is 4.90. The van der Waals surface area contributed by atoms with Crippen molar-refractivity contribution in [1.82, 2.24) is 10.2 Å². The summed E-state index contributed by atoms with van der Waals surface area (Å²) in [6.07, 6.45) is 4.81. The molecule has 2 saturated heterocycles. The van der Waals surface area contributed by atoms with E-state index in [2.05, 4.69) is 22.3 Å². The van der Waals surface area contributed by atoms with Crippen LogP contribution in [0, 0.1) is 0 Å². The molecule has 0 bridgehead atoms. The lowest BCUT2D eigenvalue weighted by Gasteiger charge is -2.43. The predicted molar refractivity (Wildman–Crippen MR) is 80.5 cm³/mol. The second-order valence-corrected chi connectivity index (χ2v) is 6.74. The maximum Gasteiger partial charge on any atom is 0.143 e. The van der Waals surface area contributed by atoms with Crippen molar-refractivity contribution < 1.29 is 4.74 Å². The molecule has 2 unspecified atom stereocenters. The van der Waals surface area contributed by atoms with Crippen LogP contribution in [0.2, 0.25) is 5.02 Å². The van der Waals surface area contributed by atoms with E-state index in [9.17, 15) is 0 Å². The molecule has 3 nitrogen and oxygen atoms in total. The van der Waals surface area contributed by atoms with Crippen molar-refractivity contribution in [1.29, 1.82) is 0 Å². The van der Waals surface area contributed by atoms with Crippen LogP contribution in [-0.2, 0) is 0 Å². The summed E-state index contributed by atoms with van der Waals surface area (Å²) in [7, 11) is 0. The minimum Gasteiger partial charge on any atom is -0.484 e. The minimum atomic E-state index is -0.0503. The fraction of sp³-hybridized carbons (Fsp3) is 0.625. The van der Waals surface area contributed by atoms with Crippen molar-refractivity contribution in [3.05, 3.63) is 28.8 Å². The first-order chi connectivity index (χ1) is 9.77. The molecule has 108 valence electrons. The number of nitrogens with one attached hydrogen (secondary N) is 1. The zero-order valence-electron chi connectivity index (χ0n) is 11.7. The average Bonchev–Trinajstić information content (AvgIpc) is 3.11. The molecule has 2 atom stereocenters. The summed E-state index contributed by atoms with van der Waals surface area (Å²) < 4.78 is 6.38. The van der Waals surface area contributed by atoms with Crippen molar-refractivity contribution in [3.63, 3.8) is 0 Å². The molecule has 3 aliphatic rings. The minimum absolute atomic E-state index is 0.0503. The van der Waals surface area contributed by atoms with E-state index in [1.165, 1.54) is 31.5 Å². The molecular formula is C16H21ClN2O. The molecule has 0 saturated carbocycles. The molecule has 0 aromatic heterocycles. The third kappa shape index (κ3) is 2.03. The average molecular weight is 293 g/mol. The van der Waals surface area contributed by atoms with Crippen molar-refractivity contribution in [2.75, 3.05) is 26.2 Å². The van der Waals surface area contributed by atoms with Crippen LogP contribution in [0.15, 0.2) is 18.2 Å². The molecule has 1 aromatic rings. The number of hydrogen-bond donors (Lipinski definition) is 1. The lowest BCUT2D eigenvalue weighted by Crippen LogP contribution is -2.46. The van der Waals surface area contributed by atoms with Crippen molar-refractivity contribution in [2.45, 2.75) is 37.3 Å². The molecule has 0 radical (unpaired) electrons. The molecule has 4 heteroatoms. The Morgan fingerprint density at radius 1 is 1.30 bits per heavy atom. The Hall–Kier alpha value is -0.770. The lowest BCUT2D eigenvalue weighted by atomic mass is 9.85. The van der Waals surface area contributed by atoms with Gasteiger partial charge in [0.25, 0.3) is 0 Å². The van der Waals surface area contributed by atoms with Gasteiger partial charge in [-0.25, -0.2) is 0 Å². The van der Waals surface area contributed by atoms with Gasteiger partial charge in [0.1, 0.15) is 11.4 Å². The van der Waals surface area contributed by atoms with Crippen molar-refractivity contribution in [2.24, 2.45) is 0 Å². The number of likely N-dealkylation sites (tertiary alicyclic amines) is 1. The van der Waals surface area contributed by atoms with E-state index >= 15 is 0 Å². The van der Waals surface area contributed by atoms with Gasteiger partial charge in [-0.2, -0.15) is 0 Å². The molecule has 1 spiro atoms. The third-order valence-corrected chi connectivity index (χ3v) is 5.32. The quantitative estimate of drug-likeness (QED) is 0.861. The van der Waals surface area contributed by atoms with Crippen LogP contribution < -0.4 is 10.1 Å². The Balaban J connectivity index is 1.76. The summed E-state index contributed by atoms with van der Waals surface area (Å²) >= 11 is 6.41. The molecule has 3 heterocycles. The normalized spacial score (nSPS) is 33.4. The monoisotopic (exact) mass is 292 g/mol. The molecule has 3 aliphatic heterocycles. The van der Waals surface area contributed by atoms with Gasteiger partial charge < -0.3 is 10.1 Å². The summed E-state index contributed by atoms with van der Waals surface area (Å²) in [4.78, 5) is 2.62. The highest BCUT2D eigenvalue weighted by atomic mass is 35.5. The van der Waals surface area contributed by atoms with Crippen molar-refractivity contribution in [3.8, 4) is 5.75 Å². The van der Waals surface area contributed by atoms with Crippen LogP contribution in [0.5, 0.6) is 5.75 Å². The van der Waals surface area contributed by atoms with Crippen LogP contribution in [0.3, 0.4) is 0 Å².